The first-order valence-corrected chi connectivity index (χ1v) is 8.39. The van der Waals surface area contributed by atoms with Gasteiger partial charge in [-0.15, -0.1) is 0 Å². The van der Waals surface area contributed by atoms with E-state index in [-0.39, 0.29) is 23.0 Å². The summed E-state index contributed by atoms with van der Waals surface area (Å²) in [7, 11) is -3.40. The van der Waals surface area contributed by atoms with E-state index in [1.165, 1.54) is 0 Å². The highest BCUT2D eigenvalue weighted by Gasteiger charge is 2.30. The molecule has 1 aliphatic rings. The summed E-state index contributed by atoms with van der Waals surface area (Å²) in [4.78, 5) is 14.1. The molecule has 0 bridgehead atoms. The van der Waals surface area contributed by atoms with Crippen LogP contribution in [0.3, 0.4) is 0 Å². The number of hydrogen-bond donors (Lipinski definition) is 0. The predicted octanol–water partition coefficient (Wildman–Crippen LogP) is 2.40. The molecule has 2 aromatic carbocycles. The Morgan fingerprint density at radius 2 is 1.62 bits per heavy atom. The van der Waals surface area contributed by atoms with E-state index in [4.69, 9.17) is 0 Å². The molecule has 0 radical (unpaired) electrons. The average molecular weight is 301 g/mol. The zero-order chi connectivity index (χ0) is 14.9. The van der Waals surface area contributed by atoms with Crippen LogP contribution in [0.1, 0.15) is 12.0 Å². The Balaban J connectivity index is 2.08. The highest BCUT2D eigenvalue weighted by molar-refractivity contribution is 7.91. The monoisotopic (exact) mass is 301 g/mol. The molecule has 1 aliphatic heterocycles. The number of amides is 1. The topological polar surface area (TPSA) is 54.5 Å². The maximum absolute atomic E-state index is 12.3. The molecule has 4 nitrogen and oxygen atoms in total. The fourth-order valence-electron chi connectivity index (χ4n) is 2.48. The van der Waals surface area contributed by atoms with E-state index < -0.39 is 9.84 Å². The molecule has 3 rings (SSSR count). The lowest BCUT2D eigenvalue weighted by Crippen LogP contribution is -2.29. The number of carbonyl (C=O) groups excluding carboxylic acids is 1. The molecular formula is C16H15NO3S. The minimum absolute atomic E-state index is 0.0177. The van der Waals surface area contributed by atoms with Crippen molar-refractivity contribution >= 4 is 21.4 Å². The summed E-state index contributed by atoms with van der Waals surface area (Å²) >= 11 is 0. The molecule has 21 heavy (non-hydrogen) atoms. The van der Waals surface area contributed by atoms with Crippen molar-refractivity contribution in [2.45, 2.75) is 17.9 Å². The van der Waals surface area contributed by atoms with Gasteiger partial charge in [0.05, 0.1) is 22.9 Å². The third-order valence-electron chi connectivity index (χ3n) is 3.56. The summed E-state index contributed by atoms with van der Waals surface area (Å²) in [6, 6.07) is 16.3. The molecule has 0 aliphatic carbocycles. The minimum Gasteiger partial charge on any atom is -0.307 e. The van der Waals surface area contributed by atoms with Crippen LogP contribution in [-0.4, -0.2) is 20.1 Å². The minimum atomic E-state index is -3.40. The molecule has 0 N–H and O–H groups in total. The first kappa shape index (κ1) is 13.8. The van der Waals surface area contributed by atoms with Gasteiger partial charge >= 0.3 is 0 Å². The lowest BCUT2D eigenvalue weighted by Gasteiger charge is -2.22. The van der Waals surface area contributed by atoms with Crippen molar-refractivity contribution in [1.82, 2.24) is 0 Å². The van der Waals surface area contributed by atoms with Gasteiger partial charge in [-0.05, 0) is 17.7 Å². The van der Waals surface area contributed by atoms with Crippen molar-refractivity contribution < 1.29 is 13.2 Å². The maximum Gasteiger partial charge on any atom is 0.228 e. The number of nitrogens with zero attached hydrogens (tertiary/aromatic N) is 1. The van der Waals surface area contributed by atoms with E-state index >= 15 is 0 Å². The summed E-state index contributed by atoms with van der Waals surface area (Å²) in [5.74, 6) is -0.291. The Hall–Kier alpha value is -2.14. The molecular weight excluding hydrogens is 286 g/mol. The second kappa shape index (κ2) is 5.33. The van der Waals surface area contributed by atoms with Crippen LogP contribution in [-0.2, 0) is 21.2 Å². The smallest absolute Gasteiger partial charge is 0.228 e. The van der Waals surface area contributed by atoms with Crippen molar-refractivity contribution in [2.75, 3.05) is 10.7 Å². The number of fused-ring (bicyclic) bond motifs is 1. The zero-order valence-electron chi connectivity index (χ0n) is 11.4. The van der Waals surface area contributed by atoms with Gasteiger partial charge in [-0.3, -0.25) is 4.79 Å². The van der Waals surface area contributed by atoms with E-state index in [2.05, 4.69) is 0 Å². The number of rotatable bonds is 2. The second-order valence-corrected chi connectivity index (χ2v) is 7.08. The molecule has 1 heterocycles. The van der Waals surface area contributed by atoms with Crippen LogP contribution >= 0.6 is 0 Å². The Kier molecular flexibility index (Phi) is 3.51. The van der Waals surface area contributed by atoms with Crippen LogP contribution in [0.2, 0.25) is 0 Å². The van der Waals surface area contributed by atoms with Gasteiger partial charge in [-0.2, -0.15) is 0 Å². The van der Waals surface area contributed by atoms with Gasteiger partial charge in [-0.1, -0.05) is 42.5 Å². The SMILES string of the molecule is O=C1CCS(=O)(=O)c2ccccc2N1Cc1ccccc1. The molecule has 2 aromatic rings. The molecule has 0 fully saturated rings. The van der Waals surface area contributed by atoms with E-state index in [1.54, 1.807) is 29.2 Å². The molecule has 0 atom stereocenters. The van der Waals surface area contributed by atoms with E-state index in [0.29, 0.717) is 12.2 Å². The third kappa shape index (κ3) is 2.69. The Labute approximate surface area is 123 Å². The summed E-state index contributed by atoms with van der Waals surface area (Å²) in [6.45, 7) is 0.381. The molecule has 0 unspecified atom stereocenters. The van der Waals surface area contributed by atoms with Crippen LogP contribution < -0.4 is 4.90 Å². The van der Waals surface area contributed by atoms with E-state index in [9.17, 15) is 13.2 Å². The number of anilines is 1. The van der Waals surface area contributed by atoms with Gasteiger partial charge in [0.2, 0.25) is 5.91 Å². The molecule has 1 amide bonds. The molecule has 0 aromatic heterocycles. The molecule has 0 spiro atoms. The van der Waals surface area contributed by atoms with E-state index in [0.717, 1.165) is 5.56 Å². The molecule has 108 valence electrons. The zero-order valence-corrected chi connectivity index (χ0v) is 12.2. The van der Waals surface area contributed by atoms with Crippen LogP contribution in [0.25, 0.3) is 0 Å². The molecule has 5 heteroatoms. The number of benzene rings is 2. The van der Waals surface area contributed by atoms with Gasteiger partial charge in [0.25, 0.3) is 0 Å². The van der Waals surface area contributed by atoms with Gasteiger partial charge in [0.1, 0.15) is 0 Å². The van der Waals surface area contributed by atoms with Crippen LogP contribution in [0.5, 0.6) is 0 Å². The first-order valence-electron chi connectivity index (χ1n) is 6.74. The second-order valence-electron chi connectivity index (χ2n) is 5.00. The van der Waals surface area contributed by atoms with Crippen LogP contribution in [0, 0.1) is 0 Å². The van der Waals surface area contributed by atoms with Crippen molar-refractivity contribution in [3.8, 4) is 0 Å². The van der Waals surface area contributed by atoms with Gasteiger partial charge in [-0.25, -0.2) is 8.42 Å². The number of para-hydroxylation sites is 1. The van der Waals surface area contributed by atoms with Gasteiger partial charge in [0.15, 0.2) is 9.84 Å². The highest BCUT2D eigenvalue weighted by atomic mass is 32.2. The Bertz CT molecular complexity index is 769. The number of sulfone groups is 1. The average Bonchev–Trinajstić information content (AvgIpc) is 2.59. The standard InChI is InChI=1S/C16H15NO3S/c18-16-10-11-21(19,20)15-9-5-4-8-14(15)17(16)12-13-6-2-1-3-7-13/h1-9H,10-12H2. The van der Waals surface area contributed by atoms with Gasteiger partial charge < -0.3 is 4.90 Å². The highest BCUT2D eigenvalue weighted by Crippen LogP contribution is 2.31. The van der Waals surface area contributed by atoms with Crippen molar-refractivity contribution in [2.24, 2.45) is 0 Å². The molecule has 0 saturated carbocycles. The summed E-state index contributed by atoms with van der Waals surface area (Å²) < 4.78 is 24.5. The van der Waals surface area contributed by atoms with Crippen molar-refractivity contribution in [3.63, 3.8) is 0 Å². The van der Waals surface area contributed by atoms with Crippen molar-refractivity contribution in [3.05, 3.63) is 60.2 Å². The number of hydrogen-bond acceptors (Lipinski definition) is 3. The summed E-state index contributed by atoms with van der Waals surface area (Å²) in [5.41, 5.74) is 1.45. The Morgan fingerprint density at radius 3 is 2.38 bits per heavy atom. The van der Waals surface area contributed by atoms with Crippen LogP contribution in [0.15, 0.2) is 59.5 Å². The summed E-state index contributed by atoms with van der Waals surface area (Å²) in [6.07, 6.45) is 0.0177. The summed E-state index contributed by atoms with van der Waals surface area (Å²) in [5, 5.41) is 0. The first-order chi connectivity index (χ1) is 10.1. The normalized spacial score (nSPS) is 17.1. The fraction of sp³-hybridized carbons (Fsp3) is 0.188. The third-order valence-corrected chi connectivity index (χ3v) is 5.32. The maximum atomic E-state index is 12.3. The predicted molar refractivity (Wildman–Crippen MR) is 80.7 cm³/mol. The molecule has 0 saturated heterocycles. The Morgan fingerprint density at radius 1 is 0.952 bits per heavy atom. The lowest BCUT2D eigenvalue weighted by molar-refractivity contribution is -0.118. The van der Waals surface area contributed by atoms with Crippen LogP contribution in [0.4, 0.5) is 5.69 Å². The van der Waals surface area contributed by atoms with Crippen molar-refractivity contribution in [1.29, 1.82) is 0 Å². The lowest BCUT2D eigenvalue weighted by atomic mass is 10.2. The quantitative estimate of drug-likeness (QED) is 0.856. The van der Waals surface area contributed by atoms with E-state index in [1.807, 2.05) is 30.3 Å². The van der Waals surface area contributed by atoms with Gasteiger partial charge in [0, 0.05) is 6.42 Å². The fourth-order valence-corrected chi connectivity index (χ4v) is 3.93. The number of carbonyl (C=O) groups is 1. The largest absolute Gasteiger partial charge is 0.307 e.